The summed E-state index contributed by atoms with van der Waals surface area (Å²) in [7, 11) is 3.51. The number of unbranched alkanes of at least 4 members (excludes halogenated alkanes) is 9. The molecule has 2 saturated heterocycles. The lowest BCUT2D eigenvalue weighted by Crippen LogP contribution is -2.47. The van der Waals surface area contributed by atoms with Crippen molar-refractivity contribution in [1.82, 2.24) is 9.80 Å². The maximum Gasteiger partial charge on any atom is 0.142 e. The summed E-state index contributed by atoms with van der Waals surface area (Å²) in [4.78, 5) is 10.0. The Labute approximate surface area is 350 Å². The second-order valence-electron chi connectivity index (χ2n) is 16.0. The van der Waals surface area contributed by atoms with E-state index in [4.69, 9.17) is 18.9 Å². The second-order valence-corrected chi connectivity index (χ2v) is 16.0. The molecule has 0 unspecified atom stereocenters. The van der Waals surface area contributed by atoms with E-state index in [1.807, 2.05) is 12.1 Å². The molecule has 2 fully saturated rings. The lowest BCUT2D eigenvalue weighted by molar-refractivity contribution is 0.260. The van der Waals surface area contributed by atoms with Crippen molar-refractivity contribution >= 4 is 11.4 Å². The van der Waals surface area contributed by atoms with Crippen molar-refractivity contribution in [2.75, 3.05) is 103 Å². The van der Waals surface area contributed by atoms with Crippen LogP contribution in [-0.4, -0.2) is 103 Å². The van der Waals surface area contributed by atoms with Crippen LogP contribution in [0.4, 0.5) is 11.4 Å². The minimum absolute atomic E-state index is 0.810. The van der Waals surface area contributed by atoms with E-state index in [-0.39, 0.29) is 0 Å². The molecule has 0 amide bonds. The highest BCUT2D eigenvalue weighted by molar-refractivity contribution is 5.59. The third-order valence-corrected chi connectivity index (χ3v) is 11.9. The monoisotopic (exact) mass is 791 g/mol. The number of anilines is 2. The largest absolute Gasteiger partial charge is 0.495 e. The standard InChI is InChI=1S/C50H70N4O4/c1-55-49-25-13-11-23-47(49)53-35-31-51(32-36-53)29-27-43-19-17-21-45(41-43)57-39-15-9-7-5-3-4-6-8-10-16-40-58-46-22-18-20-44(42-46)28-30-52-33-37-54(38-34-52)48-24-12-14-26-50(48)56-2/h11-14,17-26,41-42H,3-10,15-16,27-40H2,1-2H3. The second kappa shape index (κ2) is 24.5. The lowest BCUT2D eigenvalue weighted by atomic mass is 10.1. The average Bonchev–Trinajstić information content (AvgIpc) is 3.28. The number of hydrogen-bond acceptors (Lipinski definition) is 8. The van der Waals surface area contributed by atoms with Gasteiger partial charge in [0.25, 0.3) is 0 Å². The van der Waals surface area contributed by atoms with Crippen molar-refractivity contribution in [1.29, 1.82) is 0 Å². The predicted molar refractivity (Wildman–Crippen MR) is 241 cm³/mol. The van der Waals surface area contributed by atoms with Crippen molar-refractivity contribution in [2.45, 2.75) is 77.0 Å². The van der Waals surface area contributed by atoms with Crippen LogP contribution in [0.3, 0.4) is 0 Å². The molecule has 4 aromatic rings. The molecule has 8 nitrogen and oxygen atoms in total. The fourth-order valence-corrected chi connectivity index (χ4v) is 8.36. The van der Waals surface area contributed by atoms with Crippen molar-refractivity contribution in [3.63, 3.8) is 0 Å². The Morgan fingerprint density at radius 1 is 0.414 bits per heavy atom. The van der Waals surface area contributed by atoms with Crippen LogP contribution in [0.2, 0.25) is 0 Å². The van der Waals surface area contributed by atoms with Crippen LogP contribution in [0.15, 0.2) is 97.1 Å². The van der Waals surface area contributed by atoms with E-state index in [2.05, 4.69) is 105 Å². The van der Waals surface area contributed by atoms with Gasteiger partial charge in [0.1, 0.15) is 23.0 Å². The van der Waals surface area contributed by atoms with Gasteiger partial charge < -0.3 is 28.7 Å². The lowest BCUT2D eigenvalue weighted by Gasteiger charge is -2.36. The van der Waals surface area contributed by atoms with Crippen molar-refractivity contribution < 1.29 is 18.9 Å². The van der Waals surface area contributed by atoms with Crippen LogP contribution < -0.4 is 28.7 Å². The molecule has 0 N–H and O–H groups in total. The molecule has 2 aliphatic rings. The van der Waals surface area contributed by atoms with E-state index in [1.165, 1.54) is 73.9 Å². The number of nitrogens with zero attached hydrogens (tertiary/aromatic N) is 4. The number of rotatable bonds is 25. The molecule has 314 valence electrons. The zero-order valence-electron chi connectivity index (χ0n) is 35.6. The van der Waals surface area contributed by atoms with Gasteiger partial charge in [-0.3, -0.25) is 9.80 Å². The molecule has 4 aromatic carbocycles. The topological polar surface area (TPSA) is 49.9 Å². The number of methoxy groups -OCH3 is 2. The maximum atomic E-state index is 6.15. The van der Waals surface area contributed by atoms with Gasteiger partial charge in [0.05, 0.1) is 38.8 Å². The van der Waals surface area contributed by atoms with Crippen molar-refractivity contribution in [3.05, 3.63) is 108 Å². The Morgan fingerprint density at radius 3 is 1.19 bits per heavy atom. The molecule has 0 radical (unpaired) electrons. The van der Waals surface area contributed by atoms with E-state index < -0.39 is 0 Å². The molecule has 0 saturated carbocycles. The highest BCUT2D eigenvalue weighted by Crippen LogP contribution is 2.30. The molecule has 0 atom stereocenters. The fourth-order valence-electron chi connectivity index (χ4n) is 8.36. The number of hydrogen-bond donors (Lipinski definition) is 0. The summed E-state index contributed by atoms with van der Waals surface area (Å²) >= 11 is 0. The van der Waals surface area contributed by atoms with Gasteiger partial charge in [-0.2, -0.15) is 0 Å². The summed E-state index contributed by atoms with van der Waals surface area (Å²) in [6.07, 6.45) is 14.9. The summed E-state index contributed by atoms with van der Waals surface area (Å²) in [5, 5.41) is 0. The van der Waals surface area contributed by atoms with E-state index in [1.54, 1.807) is 14.2 Å². The first-order chi connectivity index (χ1) is 28.7. The van der Waals surface area contributed by atoms with Gasteiger partial charge >= 0.3 is 0 Å². The molecule has 0 aliphatic carbocycles. The van der Waals surface area contributed by atoms with E-state index in [0.717, 1.165) is 127 Å². The molecule has 0 bridgehead atoms. The van der Waals surface area contributed by atoms with Gasteiger partial charge in [0.15, 0.2) is 0 Å². The minimum atomic E-state index is 0.810. The first-order valence-corrected chi connectivity index (χ1v) is 22.3. The molecule has 0 aromatic heterocycles. The SMILES string of the molecule is COc1ccccc1N1CCN(CCc2cccc(OCCCCCCCCCCCCOc3cccc(CCN4CCN(c5ccccc5OC)CC4)c3)c2)CC1. The number of para-hydroxylation sites is 4. The molecular formula is C50H70N4O4. The predicted octanol–water partition coefficient (Wildman–Crippen LogP) is 9.79. The Kier molecular flexibility index (Phi) is 18.2. The summed E-state index contributed by atoms with van der Waals surface area (Å²) in [5.74, 6) is 3.95. The average molecular weight is 791 g/mol. The molecule has 2 heterocycles. The molecule has 58 heavy (non-hydrogen) atoms. The molecular weight excluding hydrogens is 721 g/mol. The fraction of sp³-hybridized carbons (Fsp3) is 0.520. The number of benzene rings is 4. The summed E-state index contributed by atoms with van der Waals surface area (Å²) in [5.41, 5.74) is 5.13. The highest BCUT2D eigenvalue weighted by Gasteiger charge is 2.21. The third-order valence-electron chi connectivity index (χ3n) is 11.9. The van der Waals surface area contributed by atoms with Crippen molar-refractivity contribution in [2.24, 2.45) is 0 Å². The zero-order chi connectivity index (χ0) is 40.0. The van der Waals surface area contributed by atoms with Gasteiger partial charge in [-0.15, -0.1) is 0 Å². The van der Waals surface area contributed by atoms with E-state index in [0.29, 0.717) is 0 Å². The van der Waals surface area contributed by atoms with Crippen LogP contribution in [0.25, 0.3) is 0 Å². The van der Waals surface area contributed by atoms with Crippen LogP contribution in [0.5, 0.6) is 23.0 Å². The summed E-state index contributed by atoms with van der Waals surface area (Å²) in [6, 6.07) is 34.2. The van der Waals surface area contributed by atoms with Gasteiger partial charge in [-0.05, 0) is 85.3 Å². The summed E-state index contributed by atoms with van der Waals surface area (Å²) < 4.78 is 23.5. The molecule has 2 aliphatic heterocycles. The minimum Gasteiger partial charge on any atom is -0.495 e. The molecule has 6 rings (SSSR count). The Morgan fingerprint density at radius 2 is 0.793 bits per heavy atom. The van der Waals surface area contributed by atoms with Gasteiger partial charge in [0, 0.05) is 65.4 Å². The van der Waals surface area contributed by atoms with Crippen LogP contribution in [0.1, 0.15) is 75.3 Å². The van der Waals surface area contributed by atoms with Gasteiger partial charge in [-0.1, -0.05) is 99.9 Å². The number of piperazine rings is 2. The third kappa shape index (κ3) is 14.2. The van der Waals surface area contributed by atoms with Gasteiger partial charge in [0.2, 0.25) is 0 Å². The van der Waals surface area contributed by atoms with Crippen LogP contribution in [-0.2, 0) is 12.8 Å². The Balaban J connectivity index is 0.724. The van der Waals surface area contributed by atoms with E-state index >= 15 is 0 Å². The molecule has 8 heteroatoms. The Bertz CT molecular complexity index is 1610. The Hall–Kier alpha value is -4.40. The highest BCUT2D eigenvalue weighted by atomic mass is 16.5. The van der Waals surface area contributed by atoms with Gasteiger partial charge in [-0.25, -0.2) is 0 Å². The molecule has 0 spiro atoms. The first kappa shape index (κ1) is 43.2. The maximum absolute atomic E-state index is 6.15. The van der Waals surface area contributed by atoms with Crippen molar-refractivity contribution in [3.8, 4) is 23.0 Å². The zero-order valence-corrected chi connectivity index (χ0v) is 35.6. The normalized spacial score (nSPS) is 15.1. The van der Waals surface area contributed by atoms with Crippen LogP contribution in [0, 0.1) is 0 Å². The quantitative estimate of drug-likeness (QED) is 0.0616. The smallest absolute Gasteiger partial charge is 0.142 e. The number of ether oxygens (including phenoxy) is 4. The van der Waals surface area contributed by atoms with Crippen LogP contribution >= 0.6 is 0 Å². The van der Waals surface area contributed by atoms with E-state index in [9.17, 15) is 0 Å². The first-order valence-electron chi connectivity index (χ1n) is 22.3. The summed E-state index contributed by atoms with van der Waals surface area (Å²) in [6.45, 7) is 12.2.